The van der Waals surface area contributed by atoms with Gasteiger partial charge in [0.05, 0.1) is 18.3 Å². The van der Waals surface area contributed by atoms with Gasteiger partial charge in [-0.1, -0.05) is 0 Å². The largest absolute Gasteiger partial charge is 0.508 e. The Hall–Kier alpha value is -2.07. The van der Waals surface area contributed by atoms with E-state index in [1.165, 1.54) is 16.8 Å². The fourth-order valence-electron chi connectivity index (χ4n) is 3.35. The van der Waals surface area contributed by atoms with E-state index in [4.69, 9.17) is 14.2 Å². The molecule has 0 saturated carbocycles. The molecule has 0 amide bonds. The Labute approximate surface area is 179 Å². The van der Waals surface area contributed by atoms with Crippen molar-refractivity contribution in [2.75, 3.05) is 5.75 Å². The summed E-state index contributed by atoms with van der Waals surface area (Å²) >= 11 is 1.57. The van der Waals surface area contributed by atoms with Crippen LogP contribution in [0.2, 0.25) is 0 Å². The van der Waals surface area contributed by atoms with Gasteiger partial charge in [0, 0.05) is 22.9 Å². The second kappa shape index (κ2) is 9.82. The lowest BCUT2D eigenvalue weighted by Gasteiger charge is -2.28. The van der Waals surface area contributed by atoms with Crippen LogP contribution in [0.25, 0.3) is 0 Å². The highest BCUT2D eigenvalue weighted by Gasteiger charge is 2.48. The van der Waals surface area contributed by atoms with Crippen LogP contribution < -0.4 is 11.2 Å². The van der Waals surface area contributed by atoms with Crippen molar-refractivity contribution >= 4 is 11.8 Å². The lowest BCUT2D eigenvalue weighted by atomic mass is 10.1. The quantitative estimate of drug-likeness (QED) is 0.613. The van der Waals surface area contributed by atoms with Gasteiger partial charge >= 0.3 is 5.69 Å². The Bertz CT molecular complexity index is 940. The molecule has 0 radical (unpaired) electrons. The number of aromatic amines is 1. The van der Waals surface area contributed by atoms with E-state index in [1.54, 1.807) is 23.9 Å². The van der Waals surface area contributed by atoms with Crippen LogP contribution in [-0.2, 0) is 14.2 Å². The highest BCUT2D eigenvalue weighted by atomic mass is 32.2. The molecule has 2 N–H and O–H groups in total. The summed E-state index contributed by atoms with van der Waals surface area (Å²) in [5.41, 5.74) is -1.02. The van der Waals surface area contributed by atoms with Gasteiger partial charge in [-0.15, -0.1) is 11.8 Å². The van der Waals surface area contributed by atoms with E-state index in [2.05, 4.69) is 4.98 Å². The summed E-state index contributed by atoms with van der Waals surface area (Å²) in [6, 6.07) is 8.22. The van der Waals surface area contributed by atoms with Crippen LogP contribution in [0.15, 0.2) is 51.0 Å². The maximum absolute atomic E-state index is 12.4. The zero-order valence-corrected chi connectivity index (χ0v) is 18.3. The average molecular weight is 437 g/mol. The first-order valence-corrected chi connectivity index (χ1v) is 10.9. The Kier molecular flexibility index (Phi) is 7.41. The van der Waals surface area contributed by atoms with Crippen molar-refractivity contribution < 1.29 is 19.3 Å². The summed E-state index contributed by atoms with van der Waals surface area (Å²) in [5.74, 6) is 0.773. The number of ether oxygens (including phenoxy) is 3. The van der Waals surface area contributed by atoms with Gasteiger partial charge in [0.15, 0.2) is 6.23 Å². The topological polar surface area (TPSA) is 103 Å². The van der Waals surface area contributed by atoms with E-state index in [1.807, 2.05) is 39.8 Å². The van der Waals surface area contributed by atoms with Crippen LogP contribution in [0.5, 0.6) is 5.75 Å². The molecule has 9 heteroatoms. The molecule has 0 spiro atoms. The van der Waals surface area contributed by atoms with Crippen LogP contribution in [0.3, 0.4) is 0 Å². The number of H-pyrrole nitrogens is 1. The van der Waals surface area contributed by atoms with Gasteiger partial charge < -0.3 is 19.3 Å². The van der Waals surface area contributed by atoms with Crippen molar-refractivity contribution in [1.29, 1.82) is 0 Å². The van der Waals surface area contributed by atoms with Crippen LogP contribution in [0.1, 0.15) is 33.9 Å². The molecular weight excluding hydrogens is 408 g/mol. The minimum absolute atomic E-state index is 0.0657. The number of aromatic nitrogens is 2. The Morgan fingerprint density at radius 2 is 1.70 bits per heavy atom. The summed E-state index contributed by atoms with van der Waals surface area (Å²) in [6.07, 6.45) is -0.762. The Morgan fingerprint density at radius 3 is 2.30 bits per heavy atom. The number of nitrogens with zero attached hydrogens (tertiary/aromatic N) is 1. The van der Waals surface area contributed by atoms with Crippen molar-refractivity contribution in [2.24, 2.45) is 0 Å². The van der Waals surface area contributed by atoms with Crippen molar-refractivity contribution in [1.82, 2.24) is 9.55 Å². The van der Waals surface area contributed by atoms with Crippen LogP contribution in [0.4, 0.5) is 0 Å². The Balaban J connectivity index is 1.88. The molecule has 1 aromatic carbocycles. The first kappa shape index (κ1) is 22.6. The maximum Gasteiger partial charge on any atom is 0.330 e. The monoisotopic (exact) mass is 436 g/mol. The van der Waals surface area contributed by atoms with Crippen molar-refractivity contribution in [2.45, 2.75) is 69.3 Å². The number of nitrogens with one attached hydrogen (secondary N) is 1. The SMILES string of the molecule is CC(C)O[C@@H]1[C@H](OC(C)C)[C@@H](CSc2ccc(O)cc2)O[C@H]1n1ccc(=O)[nH]c1=O. The number of phenolic OH excluding ortho intramolecular Hbond substituents is 1. The molecule has 30 heavy (non-hydrogen) atoms. The predicted octanol–water partition coefficient (Wildman–Crippen LogP) is 2.52. The average Bonchev–Trinajstić information content (AvgIpc) is 2.97. The number of phenols is 1. The lowest BCUT2D eigenvalue weighted by molar-refractivity contribution is -0.113. The second-order valence-corrected chi connectivity index (χ2v) is 8.78. The summed E-state index contributed by atoms with van der Waals surface area (Å²) < 4.78 is 19.9. The first-order valence-electron chi connectivity index (χ1n) is 9.94. The molecule has 2 heterocycles. The molecule has 1 saturated heterocycles. The van der Waals surface area contributed by atoms with E-state index in [-0.39, 0.29) is 24.1 Å². The molecule has 1 aliphatic rings. The molecule has 1 aliphatic heterocycles. The third-order valence-electron chi connectivity index (χ3n) is 4.52. The maximum atomic E-state index is 12.4. The molecule has 1 aromatic heterocycles. The number of hydrogen-bond acceptors (Lipinski definition) is 7. The van der Waals surface area contributed by atoms with Gasteiger partial charge in [-0.2, -0.15) is 0 Å². The predicted molar refractivity (Wildman–Crippen MR) is 114 cm³/mol. The van der Waals surface area contributed by atoms with E-state index < -0.39 is 29.7 Å². The van der Waals surface area contributed by atoms with E-state index in [9.17, 15) is 14.7 Å². The summed E-state index contributed by atoms with van der Waals surface area (Å²) in [7, 11) is 0. The van der Waals surface area contributed by atoms with E-state index in [0.717, 1.165) is 4.90 Å². The number of aromatic hydroxyl groups is 1. The zero-order chi connectivity index (χ0) is 21.8. The van der Waals surface area contributed by atoms with Gasteiger partial charge in [-0.05, 0) is 52.0 Å². The standard InChI is InChI=1S/C21H28N2O6S/c1-12(2)27-18-16(11-30-15-7-5-14(24)6-8-15)29-20(19(18)28-13(3)4)23-10-9-17(25)22-21(23)26/h5-10,12-13,16,18-20,24H,11H2,1-4H3,(H,22,25,26)/t16-,18-,19-,20-/m1/s1. The molecule has 1 fully saturated rings. The van der Waals surface area contributed by atoms with Gasteiger partial charge in [0.1, 0.15) is 18.0 Å². The van der Waals surface area contributed by atoms with E-state index >= 15 is 0 Å². The van der Waals surface area contributed by atoms with Gasteiger partial charge in [0.2, 0.25) is 0 Å². The van der Waals surface area contributed by atoms with Crippen LogP contribution in [0, 0.1) is 0 Å². The van der Waals surface area contributed by atoms with Gasteiger partial charge in [0.25, 0.3) is 5.56 Å². The zero-order valence-electron chi connectivity index (χ0n) is 17.5. The normalized spacial score (nSPS) is 24.1. The molecular formula is C21H28N2O6S. The second-order valence-electron chi connectivity index (χ2n) is 7.69. The molecule has 0 bridgehead atoms. The fraction of sp³-hybridized carbons (Fsp3) is 0.524. The molecule has 3 rings (SSSR count). The molecule has 2 aromatic rings. The number of benzene rings is 1. The van der Waals surface area contributed by atoms with Crippen LogP contribution >= 0.6 is 11.8 Å². The summed E-state index contributed by atoms with van der Waals surface area (Å²) in [6.45, 7) is 7.71. The molecule has 8 nitrogen and oxygen atoms in total. The number of hydrogen-bond donors (Lipinski definition) is 2. The minimum atomic E-state index is -0.731. The van der Waals surface area contributed by atoms with Gasteiger partial charge in [-0.3, -0.25) is 14.3 Å². The third kappa shape index (κ3) is 5.54. The van der Waals surface area contributed by atoms with Crippen molar-refractivity contribution in [3.05, 3.63) is 57.4 Å². The minimum Gasteiger partial charge on any atom is -0.508 e. The molecule has 0 unspecified atom stereocenters. The number of rotatable bonds is 8. The molecule has 0 aliphatic carbocycles. The summed E-state index contributed by atoms with van der Waals surface area (Å²) in [5, 5.41) is 9.47. The highest BCUT2D eigenvalue weighted by molar-refractivity contribution is 7.99. The molecule has 164 valence electrons. The lowest BCUT2D eigenvalue weighted by Crippen LogP contribution is -2.42. The summed E-state index contributed by atoms with van der Waals surface area (Å²) in [4.78, 5) is 27.1. The molecule has 4 atom stereocenters. The Morgan fingerprint density at radius 1 is 1.07 bits per heavy atom. The highest BCUT2D eigenvalue weighted by Crippen LogP contribution is 2.37. The third-order valence-corrected chi connectivity index (χ3v) is 5.62. The van der Waals surface area contributed by atoms with E-state index in [0.29, 0.717) is 5.75 Å². The van der Waals surface area contributed by atoms with Crippen LogP contribution in [-0.4, -0.2) is 50.9 Å². The van der Waals surface area contributed by atoms with Crippen molar-refractivity contribution in [3.8, 4) is 5.75 Å². The fourth-order valence-corrected chi connectivity index (χ4v) is 4.31. The number of thioether (sulfide) groups is 1. The first-order chi connectivity index (χ1) is 14.2. The smallest absolute Gasteiger partial charge is 0.330 e. The van der Waals surface area contributed by atoms with Gasteiger partial charge in [-0.25, -0.2) is 4.79 Å². The van der Waals surface area contributed by atoms with Crippen molar-refractivity contribution in [3.63, 3.8) is 0 Å².